The minimum atomic E-state index is -0.272. The van der Waals surface area contributed by atoms with Gasteiger partial charge in [0.1, 0.15) is 5.82 Å². The lowest BCUT2D eigenvalue weighted by atomic mass is 10.2. The molecule has 0 saturated carbocycles. The molecule has 88 valence electrons. The summed E-state index contributed by atoms with van der Waals surface area (Å²) in [6.45, 7) is 5.69. The summed E-state index contributed by atoms with van der Waals surface area (Å²) in [4.78, 5) is 10.9. The lowest BCUT2D eigenvalue weighted by Crippen LogP contribution is -2.02. The number of nitrogens with zero attached hydrogens (tertiary/aromatic N) is 1. The van der Waals surface area contributed by atoms with Crippen molar-refractivity contribution in [2.45, 2.75) is 20.8 Å². The zero-order valence-corrected chi connectivity index (χ0v) is 10.1. The van der Waals surface area contributed by atoms with E-state index < -0.39 is 0 Å². The van der Waals surface area contributed by atoms with E-state index in [0.717, 1.165) is 28.9 Å². The van der Waals surface area contributed by atoms with Crippen LogP contribution in [0.1, 0.15) is 27.3 Å². The van der Waals surface area contributed by atoms with E-state index in [-0.39, 0.29) is 5.82 Å². The van der Waals surface area contributed by atoms with Crippen LogP contribution in [0.4, 0.5) is 4.39 Å². The molecule has 0 aliphatic rings. The van der Waals surface area contributed by atoms with Crippen LogP contribution in [0.5, 0.6) is 0 Å². The van der Waals surface area contributed by atoms with Crippen LogP contribution in [0.25, 0.3) is 5.69 Å². The Kier molecular flexibility index (Phi) is 2.84. The number of hydrogen-bond donors (Lipinski definition) is 0. The highest BCUT2D eigenvalue weighted by molar-refractivity contribution is 5.77. The van der Waals surface area contributed by atoms with Crippen molar-refractivity contribution in [1.29, 1.82) is 0 Å². The Balaban J connectivity index is 2.72. The number of rotatable bonds is 2. The van der Waals surface area contributed by atoms with E-state index >= 15 is 0 Å². The molecule has 1 heterocycles. The number of halogens is 1. The van der Waals surface area contributed by atoms with Gasteiger partial charge in [0.15, 0.2) is 6.29 Å². The molecule has 2 aromatic rings. The number of aldehydes is 1. The van der Waals surface area contributed by atoms with Gasteiger partial charge in [0.25, 0.3) is 0 Å². The predicted molar refractivity (Wildman–Crippen MR) is 65.3 cm³/mol. The van der Waals surface area contributed by atoms with E-state index in [2.05, 4.69) is 0 Å². The Morgan fingerprint density at radius 3 is 2.47 bits per heavy atom. The highest BCUT2D eigenvalue weighted by atomic mass is 19.1. The maximum atomic E-state index is 13.3. The average molecular weight is 231 g/mol. The maximum Gasteiger partial charge on any atom is 0.151 e. The topological polar surface area (TPSA) is 22.0 Å². The van der Waals surface area contributed by atoms with Gasteiger partial charge in [0.2, 0.25) is 0 Å². The Labute approximate surface area is 99.7 Å². The first kappa shape index (κ1) is 11.6. The molecule has 0 aliphatic carbocycles. The second-order valence-corrected chi connectivity index (χ2v) is 4.21. The third-order valence-electron chi connectivity index (χ3n) is 3.01. The monoisotopic (exact) mass is 231 g/mol. The van der Waals surface area contributed by atoms with E-state index in [4.69, 9.17) is 0 Å². The summed E-state index contributed by atoms with van der Waals surface area (Å²) in [6.07, 6.45) is 0.827. The number of hydrogen-bond acceptors (Lipinski definition) is 1. The van der Waals surface area contributed by atoms with Gasteiger partial charge in [-0.05, 0) is 44.5 Å². The van der Waals surface area contributed by atoms with E-state index in [1.807, 2.05) is 31.4 Å². The molecule has 0 unspecified atom stereocenters. The van der Waals surface area contributed by atoms with Gasteiger partial charge < -0.3 is 4.57 Å². The number of carbonyl (C=O) groups is 1. The van der Waals surface area contributed by atoms with Crippen LogP contribution in [0.2, 0.25) is 0 Å². The Bertz CT molecular complexity index is 584. The summed E-state index contributed by atoms with van der Waals surface area (Å²) in [5.41, 5.74) is 4.18. The fourth-order valence-corrected chi connectivity index (χ4v) is 2.10. The minimum Gasteiger partial charge on any atom is -0.317 e. The van der Waals surface area contributed by atoms with Crippen molar-refractivity contribution in [3.05, 3.63) is 52.6 Å². The van der Waals surface area contributed by atoms with Gasteiger partial charge in [0.05, 0.1) is 5.69 Å². The Morgan fingerprint density at radius 2 is 1.88 bits per heavy atom. The van der Waals surface area contributed by atoms with Crippen LogP contribution in [0.3, 0.4) is 0 Å². The van der Waals surface area contributed by atoms with Crippen molar-refractivity contribution < 1.29 is 9.18 Å². The van der Waals surface area contributed by atoms with E-state index in [1.54, 1.807) is 6.07 Å². The molecule has 0 N–H and O–H groups in total. The molecule has 0 fully saturated rings. The molecule has 2 rings (SSSR count). The molecule has 1 aromatic carbocycles. The zero-order chi connectivity index (χ0) is 12.6. The molecule has 0 radical (unpaired) electrons. The number of aromatic nitrogens is 1. The van der Waals surface area contributed by atoms with Gasteiger partial charge in [-0.1, -0.05) is 6.07 Å². The molecule has 0 saturated heterocycles. The molecule has 1 aromatic heterocycles. The molecule has 0 spiro atoms. The Morgan fingerprint density at radius 1 is 1.18 bits per heavy atom. The first-order chi connectivity index (χ1) is 8.04. The first-order valence-electron chi connectivity index (χ1n) is 5.45. The van der Waals surface area contributed by atoms with Gasteiger partial charge >= 0.3 is 0 Å². The zero-order valence-electron chi connectivity index (χ0n) is 10.1. The first-order valence-corrected chi connectivity index (χ1v) is 5.45. The molecule has 0 atom stereocenters. The summed E-state index contributed by atoms with van der Waals surface area (Å²) in [6, 6.07) is 6.48. The second kappa shape index (κ2) is 4.17. The Hall–Kier alpha value is -1.90. The van der Waals surface area contributed by atoms with Crippen molar-refractivity contribution in [3.8, 4) is 5.69 Å². The molecular weight excluding hydrogens is 217 g/mol. The van der Waals surface area contributed by atoms with Crippen LogP contribution < -0.4 is 0 Å². The van der Waals surface area contributed by atoms with Crippen LogP contribution >= 0.6 is 0 Å². The van der Waals surface area contributed by atoms with E-state index in [9.17, 15) is 9.18 Å². The normalized spacial score (nSPS) is 10.6. The second-order valence-electron chi connectivity index (χ2n) is 4.21. The quantitative estimate of drug-likeness (QED) is 0.726. The third-order valence-corrected chi connectivity index (χ3v) is 3.01. The van der Waals surface area contributed by atoms with Crippen LogP contribution in [0, 0.1) is 26.6 Å². The lowest BCUT2D eigenvalue weighted by Gasteiger charge is -2.12. The fraction of sp³-hybridized carbons (Fsp3) is 0.214. The molecule has 3 heteroatoms. The maximum absolute atomic E-state index is 13.3. The molecule has 0 aliphatic heterocycles. The van der Waals surface area contributed by atoms with Crippen molar-refractivity contribution >= 4 is 6.29 Å². The van der Waals surface area contributed by atoms with Gasteiger partial charge in [-0.25, -0.2) is 4.39 Å². The highest BCUT2D eigenvalue weighted by Gasteiger charge is 2.12. The van der Waals surface area contributed by atoms with Crippen LogP contribution in [-0.2, 0) is 0 Å². The molecule has 0 amide bonds. The van der Waals surface area contributed by atoms with Gasteiger partial charge in [-0.3, -0.25) is 4.79 Å². The predicted octanol–water partition coefficient (Wildman–Crippen LogP) is 3.35. The molecule has 0 bridgehead atoms. The fourth-order valence-electron chi connectivity index (χ4n) is 2.10. The van der Waals surface area contributed by atoms with Gasteiger partial charge in [-0.15, -0.1) is 0 Å². The highest BCUT2D eigenvalue weighted by Crippen LogP contribution is 2.23. The summed E-state index contributed by atoms with van der Waals surface area (Å²) in [7, 11) is 0. The smallest absolute Gasteiger partial charge is 0.151 e. The summed E-state index contributed by atoms with van der Waals surface area (Å²) in [5, 5.41) is 0. The number of aryl methyl sites for hydroxylation is 2. The van der Waals surface area contributed by atoms with Crippen molar-refractivity contribution in [1.82, 2.24) is 4.57 Å². The van der Waals surface area contributed by atoms with Crippen molar-refractivity contribution in [3.63, 3.8) is 0 Å². The SMILES string of the molecule is Cc1ccc(F)cc1-n1c(C)cc(C=O)c1C. The van der Waals surface area contributed by atoms with Crippen LogP contribution in [-0.4, -0.2) is 10.9 Å². The van der Waals surface area contributed by atoms with Crippen LogP contribution in [0.15, 0.2) is 24.3 Å². The molecule has 17 heavy (non-hydrogen) atoms. The van der Waals surface area contributed by atoms with E-state index in [1.165, 1.54) is 12.1 Å². The van der Waals surface area contributed by atoms with Gasteiger partial charge in [0, 0.05) is 17.0 Å². The lowest BCUT2D eigenvalue weighted by molar-refractivity contribution is 0.112. The third kappa shape index (κ3) is 1.88. The number of carbonyl (C=O) groups excluding carboxylic acids is 1. The molecular formula is C14H14FNO. The van der Waals surface area contributed by atoms with Crippen molar-refractivity contribution in [2.75, 3.05) is 0 Å². The summed E-state index contributed by atoms with van der Waals surface area (Å²) in [5.74, 6) is -0.272. The minimum absolute atomic E-state index is 0.272. The van der Waals surface area contributed by atoms with Crippen molar-refractivity contribution in [2.24, 2.45) is 0 Å². The molecule has 2 nitrogen and oxygen atoms in total. The van der Waals surface area contributed by atoms with E-state index in [0.29, 0.717) is 5.56 Å². The number of benzene rings is 1. The largest absolute Gasteiger partial charge is 0.317 e. The summed E-state index contributed by atoms with van der Waals surface area (Å²) >= 11 is 0. The summed E-state index contributed by atoms with van der Waals surface area (Å²) < 4.78 is 15.2. The standard InChI is InChI=1S/C14H14FNO/c1-9-4-5-13(15)7-14(9)16-10(2)6-12(8-17)11(16)3/h4-8H,1-3H3. The van der Waals surface area contributed by atoms with Gasteiger partial charge in [-0.2, -0.15) is 0 Å². The average Bonchev–Trinajstić information content (AvgIpc) is 2.58.